The highest BCUT2D eigenvalue weighted by molar-refractivity contribution is 5.67. The summed E-state index contributed by atoms with van der Waals surface area (Å²) in [5, 5.41) is 9.64. The van der Waals surface area contributed by atoms with Crippen LogP contribution in [0.5, 0.6) is 11.5 Å². The van der Waals surface area contributed by atoms with Crippen LogP contribution in [0.2, 0.25) is 0 Å². The Kier molecular flexibility index (Phi) is 3.53. The quantitative estimate of drug-likeness (QED) is 0.761. The number of hydrogen-bond acceptors (Lipinski definition) is 6. The second-order valence-corrected chi connectivity index (χ2v) is 4.46. The molecule has 7 nitrogen and oxygen atoms in total. The summed E-state index contributed by atoms with van der Waals surface area (Å²) in [5.74, 6) is 0.325. The van der Waals surface area contributed by atoms with Crippen molar-refractivity contribution >= 4 is 0 Å². The minimum Gasteiger partial charge on any atom is -0.504 e. The summed E-state index contributed by atoms with van der Waals surface area (Å²) in [6.45, 7) is 0. The largest absolute Gasteiger partial charge is 0.504 e. The summed E-state index contributed by atoms with van der Waals surface area (Å²) in [5.41, 5.74) is 1.64. The average molecular weight is 296 g/mol. The summed E-state index contributed by atoms with van der Waals surface area (Å²) >= 11 is 0. The standard InChI is InChI=1S/C15H12N4O3/c1-22-14-6-9(2-3-13(14)20)10-7-11(19-15(21)18-10)12-8-16-4-5-17-12/h2-8,20H,1H3,(H,18,19,21). The van der Waals surface area contributed by atoms with Crippen molar-refractivity contribution in [3.05, 3.63) is 53.3 Å². The Bertz CT molecular complexity index is 862. The van der Waals surface area contributed by atoms with Crippen LogP contribution in [-0.2, 0) is 0 Å². The third-order valence-corrected chi connectivity index (χ3v) is 3.06. The van der Waals surface area contributed by atoms with Crippen molar-refractivity contribution in [3.63, 3.8) is 0 Å². The predicted molar refractivity (Wildman–Crippen MR) is 79.5 cm³/mol. The van der Waals surface area contributed by atoms with Crippen molar-refractivity contribution in [1.82, 2.24) is 19.9 Å². The number of nitrogens with zero attached hydrogens (tertiary/aromatic N) is 3. The fraction of sp³-hybridized carbons (Fsp3) is 0.0667. The van der Waals surface area contributed by atoms with E-state index in [0.717, 1.165) is 0 Å². The third kappa shape index (κ3) is 2.64. The maximum absolute atomic E-state index is 11.8. The minimum atomic E-state index is -0.495. The second kappa shape index (κ2) is 5.65. The number of phenols is 1. The molecule has 7 heteroatoms. The number of nitrogens with one attached hydrogen (secondary N) is 1. The van der Waals surface area contributed by atoms with Crippen molar-refractivity contribution in [3.8, 4) is 34.1 Å². The van der Waals surface area contributed by atoms with Gasteiger partial charge in [-0.2, -0.15) is 4.98 Å². The molecule has 0 aliphatic heterocycles. The lowest BCUT2D eigenvalue weighted by Gasteiger charge is -2.07. The maximum Gasteiger partial charge on any atom is 0.346 e. The van der Waals surface area contributed by atoms with Gasteiger partial charge in [0.15, 0.2) is 11.5 Å². The molecule has 3 aromatic rings. The molecule has 0 amide bonds. The summed E-state index contributed by atoms with van der Waals surface area (Å²) in [7, 11) is 1.45. The molecule has 1 aromatic carbocycles. The first-order valence-corrected chi connectivity index (χ1v) is 6.42. The number of ether oxygens (including phenoxy) is 1. The lowest BCUT2D eigenvalue weighted by molar-refractivity contribution is 0.373. The Balaban J connectivity index is 2.12. The van der Waals surface area contributed by atoms with Crippen molar-refractivity contribution in [2.75, 3.05) is 7.11 Å². The SMILES string of the molecule is COc1cc(-c2cc(-c3cnccn3)[nH]c(=O)n2)ccc1O. The van der Waals surface area contributed by atoms with E-state index in [-0.39, 0.29) is 5.75 Å². The van der Waals surface area contributed by atoms with Crippen molar-refractivity contribution in [1.29, 1.82) is 0 Å². The molecule has 2 aromatic heterocycles. The van der Waals surface area contributed by atoms with Gasteiger partial charge in [0.05, 0.1) is 24.7 Å². The number of H-pyrrole nitrogens is 1. The van der Waals surface area contributed by atoms with Gasteiger partial charge >= 0.3 is 5.69 Å². The molecule has 0 aliphatic carbocycles. The summed E-state index contributed by atoms with van der Waals surface area (Å²) in [4.78, 5) is 26.5. The summed E-state index contributed by atoms with van der Waals surface area (Å²) in [6.07, 6.45) is 4.64. The summed E-state index contributed by atoms with van der Waals surface area (Å²) in [6, 6.07) is 6.44. The smallest absolute Gasteiger partial charge is 0.346 e. The lowest BCUT2D eigenvalue weighted by Crippen LogP contribution is -2.12. The Morgan fingerprint density at radius 3 is 2.77 bits per heavy atom. The van der Waals surface area contributed by atoms with E-state index in [1.54, 1.807) is 30.6 Å². The van der Waals surface area contributed by atoms with E-state index in [1.165, 1.54) is 19.4 Å². The molecule has 0 bridgehead atoms. The topological polar surface area (TPSA) is 101 Å². The molecule has 2 heterocycles. The van der Waals surface area contributed by atoms with Crippen LogP contribution in [0.1, 0.15) is 0 Å². The fourth-order valence-corrected chi connectivity index (χ4v) is 2.02. The maximum atomic E-state index is 11.8. The van der Waals surface area contributed by atoms with Gasteiger partial charge in [-0.15, -0.1) is 0 Å². The first kappa shape index (κ1) is 13.7. The van der Waals surface area contributed by atoms with Crippen molar-refractivity contribution in [2.45, 2.75) is 0 Å². The molecule has 110 valence electrons. The average Bonchev–Trinajstić information content (AvgIpc) is 2.55. The first-order valence-electron chi connectivity index (χ1n) is 6.42. The number of aromatic hydroxyl groups is 1. The molecule has 0 unspecified atom stereocenters. The molecule has 0 radical (unpaired) electrons. The molecule has 3 rings (SSSR count). The normalized spacial score (nSPS) is 10.4. The van der Waals surface area contributed by atoms with E-state index >= 15 is 0 Å². The Labute approximate surface area is 125 Å². The highest BCUT2D eigenvalue weighted by Gasteiger charge is 2.09. The van der Waals surface area contributed by atoms with Gasteiger partial charge in [0.25, 0.3) is 0 Å². The summed E-state index contributed by atoms with van der Waals surface area (Å²) < 4.78 is 5.07. The van der Waals surface area contributed by atoms with E-state index in [0.29, 0.717) is 28.4 Å². The van der Waals surface area contributed by atoms with Gasteiger partial charge < -0.3 is 14.8 Å². The molecule has 22 heavy (non-hydrogen) atoms. The van der Waals surface area contributed by atoms with Crippen LogP contribution in [0, 0.1) is 0 Å². The van der Waals surface area contributed by atoms with Gasteiger partial charge in [-0.05, 0) is 24.3 Å². The third-order valence-electron chi connectivity index (χ3n) is 3.06. The molecule has 2 N–H and O–H groups in total. The van der Waals surface area contributed by atoms with Crippen molar-refractivity contribution < 1.29 is 9.84 Å². The Hall–Kier alpha value is -3.22. The lowest BCUT2D eigenvalue weighted by atomic mass is 10.1. The number of rotatable bonds is 3. The van der Waals surface area contributed by atoms with E-state index < -0.39 is 5.69 Å². The Morgan fingerprint density at radius 1 is 1.18 bits per heavy atom. The fourth-order valence-electron chi connectivity index (χ4n) is 2.02. The predicted octanol–water partition coefficient (Wildman–Crippen LogP) is 1.61. The zero-order valence-corrected chi connectivity index (χ0v) is 11.6. The van der Waals surface area contributed by atoms with Gasteiger partial charge in [0, 0.05) is 18.0 Å². The molecule has 0 saturated heterocycles. The number of hydrogen-bond donors (Lipinski definition) is 2. The number of aromatic amines is 1. The van der Waals surface area contributed by atoms with Crippen LogP contribution in [0.15, 0.2) is 47.7 Å². The van der Waals surface area contributed by atoms with Gasteiger partial charge in [-0.1, -0.05) is 0 Å². The molecular weight excluding hydrogens is 284 g/mol. The van der Waals surface area contributed by atoms with E-state index in [9.17, 15) is 9.90 Å². The van der Waals surface area contributed by atoms with Crippen LogP contribution in [0.4, 0.5) is 0 Å². The molecule has 0 spiro atoms. The van der Waals surface area contributed by atoms with Crippen molar-refractivity contribution in [2.24, 2.45) is 0 Å². The number of benzene rings is 1. The van der Waals surface area contributed by atoms with E-state index in [2.05, 4.69) is 19.9 Å². The van der Waals surface area contributed by atoms with Gasteiger partial charge in [-0.3, -0.25) is 9.97 Å². The van der Waals surface area contributed by atoms with Crippen LogP contribution in [-0.4, -0.2) is 32.2 Å². The molecular formula is C15H12N4O3. The van der Waals surface area contributed by atoms with E-state index in [4.69, 9.17) is 4.74 Å². The molecule has 0 fully saturated rings. The highest BCUT2D eigenvalue weighted by atomic mass is 16.5. The van der Waals surface area contributed by atoms with Crippen LogP contribution in [0.25, 0.3) is 22.6 Å². The van der Waals surface area contributed by atoms with Crippen LogP contribution >= 0.6 is 0 Å². The zero-order valence-electron chi connectivity index (χ0n) is 11.6. The Morgan fingerprint density at radius 2 is 2.05 bits per heavy atom. The number of methoxy groups -OCH3 is 1. The first-order chi connectivity index (χ1) is 10.7. The van der Waals surface area contributed by atoms with Crippen LogP contribution < -0.4 is 10.4 Å². The van der Waals surface area contributed by atoms with Gasteiger partial charge in [0.1, 0.15) is 5.69 Å². The minimum absolute atomic E-state index is 0.0187. The monoisotopic (exact) mass is 296 g/mol. The zero-order chi connectivity index (χ0) is 15.5. The molecule has 0 atom stereocenters. The molecule has 0 aliphatic rings. The number of aromatic nitrogens is 4. The molecule has 0 saturated carbocycles. The van der Waals surface area contributed by atoms with E-state index in [1.807, 2.05) is 0 Å². The van der Waals surface area contributed by atoms with Crippen LogP contribution in [0.3, 0.4) is 0 Å². The van der Waals surface area contributed by atoms with Gasteiger partial charge in [-0.25, -0.2) is 4.79 Å². The highest BCUT2D eigenvalue weighted by Crippen LogP contribution is 2.30. The second-order valence-electron chi connectivity index (χ2n) is 4.46. The number of phenolic OH excluding ortho intramolecular Hbond substituents is 1. The van der Waals surface area contributed by atoms with Gasteiger partial charge in [0.2, 0.25) is 0 Å².